The SMILES string of the molecule is CC(CCCO)NC(C)C12CC3CC(CC(C3)C1)C2. The molecule has 0 saturated heterocycles. The highest BCUT2D eigenvalue weighted by Gasteiger charge is 2.53. The van der Waals surface area contributed by atoms with E-state index < -0.39 is 0 Å². The second-order valence-corrected chi connectivity index (χ2v) is 7.94. The fourth-order valence-electron chi connectivity index (χ4n) is 5.79. The van der Waals surface area contributed by atoms with Gasteiger partial charge in [-0.2, -0.15) is 0 Å². The summed E-state index contributed by atoms with van der Waals surface area (Å²) in [5, 5.41) is 12.8. The Balaban J connectivity index is 1.61. The van der Waals surface area contributed by atoms with Gasteiger partial charge in [-0.3, -0.25) is 0 Å². The molecule has 2 atom stereocenters. The first-order valence-corrected chi connectivity index (χ1v) is 8.48. The van der Waals surface area contributed by atoms with Crippen LogP contribution in [0.15, 0.2) is 0 Å². The van der Waals surface area contributed by atoms with Crippen molar-refractivity contribution >= 4 is 0 Å². The van der Waals surface area contributed by atoms with Crippen LogP contribution in [-0.4, -0.2) is 23.8 Å². The second kappa shape index (κ2) is 5.37. The summed E-state index contributed by atoms with van der Waals surface area (Å²) in [4.78, 5) is 0. The fraction of sp³-hybridized carbons (Fsp3) is 1.00. The molecule has 4 aliphatic carbocycles. The third kappa shape index (κ3) is 2.71. The van der Waals surface area contributed by atoms with E-state index in [1.54, 1.807) is 0 Å². The molecule has 19 heavy (non-hydrogen) atoms. The molecule has 4 aliphatic rings. The van der Waals surface area contributed by atoms with Gasteiger partial charge in [-0.15, -0.1) is 0 Å². The maximum absolute atomic E-state index is 8.95. The minimum Gasteiger partial charge on any atom is -0.396 e. The number of aliphatic hydroxyl groups excluding tert-OH is 1. The Morgan fingerprint density at radius 1 is 1.05 bits per heavy atom. The first kappa shape index (κ1) is 13.9. The average molecular weight is 265 g/mol. The molecule has 4 fully saturated rings. The van der Waals surface area contributed by atoms with E-state index in [0.717, 1.165) is 30.6 Å². The molecular weight excluding hydrogens is 234 g/mol. The standard InChI is InChI=1S/C17H31NO/c1-12(4-3-5-19)18-13(2)17-9-14-6-15(10-17)8-16(7-14)11-17/h12-16,18-19H,3-11H2,1-2H3. The highest BCUT2D eigenvalue weighted by Crippen LogP contribution is 2.61. The molecule has 2 N–H and O–H groups in total. The van der Waals surface area contributed by atoms with Crippen molar-refractivity contribution in [1.29, 1.82) is 0 Å². The predicted molar refractivity (Wildman–Crippen MR) is 79.0 cm³/mol. The van der Waals surface area contributed by atoms with Gasteiger partial charge in [-0.25, -0.2) is 0 Å². The first-order valence-electron chi connectivity index (χ1n) is 8.48. The van der Waals surface area contributed by atoms with E-state index >= 15 is 0 Å². The maximum Gasteiger partial charge on any atom is 0.0431 e. The van der Waals surface area contributed by atoms with Gasteiger partial charge in [0.2, 0.25) is 0 Å². The van der Waals surface area contributed by atoms with Crippen LogP contribution in [0.2, 0.25) is 0 Å². The summed E-state index contributed by atoms with van der Waals surface area (Å²) >= 11 is 0. The Morgan fingerprint density at radius 2 is 1.58 bits per heavy atom. The van der Waals surface area contributed by atoms with Gasteiger partial charge in [0.05, 0.1) is 0 Å². The molecule has 0 spiro atoms. The van der Waals surface area contributed by atoms with Crippen molar-refractivity contribution in [3.8, 4) is 0 Å². The summed E-state index contributed by atoms with van der Waals surface area (Å²) in [5.41, 5.74) is 0.613. The lowest BCUT2D eigenvalue weighted by Gasteiger charge is -2.59. The minimum atomic E-state index is 0.331. The van der Waals surface area contributed by atoms with Crippen LogP contribution in [0.4, 0.5) is 0 Å². The van der Waals surface area contributed by atoms with Crippen LogP contribution in [0.1, 0.15) is 65.2 Å². The molecule has 0 amide bonds. The van der Waals surface area contributed by atoms with Crippen molar-refractivity contribution in [3.05, 3.63) is 0 Å². The molecule has 4 bridgehead atoms. The molecule has 0 aromatic heterocycles. The van der Waals surface area contributed by atoms with E-state index in [-0.39, 0.29) is 0 Å². The number of hydrogen-bond acceptors (Lipinski definition) is 2. The van der Waals surface area contributed by atoms with E-state index in [2.05, 4.69) is 19.2 Å². The molecule has 110 valence electrons. The van der Waals surface area contributed by atoms with Crippen LogP contribution in [0, 0.1) is 23.2 Å². The molecule has 0 heterocycles. The number of aliphatic hydroxyl groups is 1. The number of nitrogens with one attached hydrogen (secondary N) is 1. The van der Waals surface area contributed by atoms with Gasteiger partial charge in [0.25, 0.3) is 0 Å². The maximum atomic E-state index is 8.95. The van der Waals surface area contributed by atoms with Gasteiger partial charge >= 0.3 is 0 Å². The highest BCUT2D eigenvalue weighted by molar-refractivity contribution is 5.05. The molecule has 2 nitrogen and oxygen atoms in total. The normalized spacial score (nSPS) is 43.4. The Kier molecular flexibility index (Phi) is 3.92. The lowest BCUT2D eigenvalue weighted by atomic mass is 9.48. The van der Waals surface area contributed by atoms with E-state index in [0.29, 0.717) is 24.1 Å². The second-order valence-electron chi connectivity index (χ2n) is 7.94. The third-order valence-electron chi connectivity index (χ3n) is 6.33. The lowest BCUT2D eigenvalue weighted by molar-refractivity contribution is -0.0720. The van der Waals surface area contributed by atoms with E-state index in [1.165, 1.54) is 38.5 Å². The smallest absolute Gasteiger partial charge is 0.0431 e. The number of hydrogen-bond donors (Lipinski definition) is 2. The van der Waals surface area contributed by atoms with E-state index in [9.17, 15) is 0 Å². The van der Waals surface area contributed by atoms with Crippen molar-refractivity contribution in [3.63, 3.8) is 0 Å². The van der Waals surface area contributed by atoms with Gasteiger partial charge in [-0.05, 0) is 88.4 Å². The van der Waals surface area contributed by atoms with Crippen molar-refractivity contribution in [2.24, 2.45) is 23.2 Å². The van der Waals surface area contributed by atoms with Gasteiger partial charge in [-0.1, -0.05) is 0 Å². The van der Waals surface area contributed by atoms with Crippen LogP contribution in [0.3, 0.4) is 0 Å². The topological polar surface area (TPSA) is 32.3 Å². The van der Waals surface area contributed by atoms with Crippen LogP contribution < -0.4 is 5.32 Å². The summed E-state index contributed by atoms with van der Waals surface area (Å²) in [6.07, 6.45) is 11.1. The zero-order valence-electron chi connectivity index (χ0n) is 12.7. The Hall–Kier alpha value is -0.0800. The summed E-state index contributed by atoms with van der Waals surface area (Å²) in [6.45, 7) is 5.05. The largest absolute Gasteiger partial charge is 0.396 e. The fourth-order valence-corrected chi connectivity index (χ4v) is 5.79. The minimum absolute atomic E-state index is 0.331. The molecule has 0 aliphatic heterocycles. The molecule has 0 aromatic carbocycles. The average Bonchev–Trinajstić information content (AvgIpc) is 2.34. The Bertz CT molecular complexity index is 279. The predicted octanol–water partition coefficient (Wildman–Crippen LogP) is 3.34. The number of rotatable bonds is 6. The molecule has 2 heteroatoms. The van der Waals surface area contributed by atoms with E-state index in [1.807, 2.05) is 0 Å². The van der Waals surface area contributed by atoms with Crippen LogP contribution in [0.25, 0.3) is 0 Å². The van der Waals surface area contributed by atoms with E-state index in [4.69, 9.17) is 5.11 Å². The lowest BCUT2D eigenvalue weighted by Crippen LogP contribution is -2.56. The summed E-state index contributed by atoms with van der Waals surface area (Å²) in [6, 6.07) is 1.21. The molecule has 2 unspecified atom stereocenters. The Morgan fingerprint density at radius 3 is 2.05 bits per heavy atom. The van der Waals surface area contributed by atoms with Crippen molar-refractivity contribution in [2.75, 3.05) is 6.61 Å². The summed E-state index contributed by atoms with van der Waals surface area (Å²) < 4.78 is 0. The third-order valence-corrected chi connectivity index (χ3v) is 6.33. The van der Waals surface area contributed by atoms with Gasteiger partial charge in [0.15, 0.2) is 0 Å². The Labute approximate surface area is 118 Å². The van der Waals surface area contributed by atoms with Crippen LogP contribution in [0.5, 0.6) is 0 Å². The first-order chi connectivity index (χ1) is 9.11. The monoisotopic (exact) mass is 265 g/mol. The molecule has 0 radical (unpaired) electrons. The quantitative estimate of drug-likeness (QED) is 0.772. The summed E-state index contributed by atoms with van der Waals surface area (Å²) in [5.74, 6) is 3.13. The van der Waals surface area contributed by atoms with Gasteiger partial charge in [0.1, 0.15) is 0 Å². The highest BCUT2D eigenvalue weighted by atomic mass is 16.2. The van der Waals surface area contributed by atoms with Gasteiger partial charge in [0, 0.05) is 18.7 Å². The molecular formula is C17H31NO. The van der Waals surface area contributed by atoms with Crippen molar-refractivity contribution in [1.82, 2.24) is 5.32 Å². The zero-order chi connectivity index (χ0) is 13.5. The molecule has 4 rings (SSSR count). The molecule has 0 aromatic rings. The van der Waals surface area contributed by atoms with Gasteiger partial charge < -0.3 is 10.4 Å². The van der Waals surface area contributed by atoms with Crippen molar-refractivity contribution in [2.45, 2.75) is 77.3 Å². The van der Waals surface area contributed by atoms with Crippen molar-refractivity contribution < 1.29 is 5.11 Å². The molecule has 4 saturated carbocycles. The van der Waals surface area contributed by atoms with Crippen LogP contribution >= 0.6 is 0 Å². The zero-order valence-corrected chi connectivity index (χ0v) is 12.7. The summed E-state index contributed by atoms with van der Waals surface area (Å²) in [7, 11) is 0. The van der Waals surface area contributed by atoms with Crippen LogP contribution in [-0.2, 0) is 0 Å².